The highest BCUT2D eigenvalue weighted by Crippen LogP contribution is 2.60. The molecule has 2 amide bonds. The van der Waals surface area contributed by atoms with Crippen molar-refractivity contribution in [3.63, 3.8) is 0 Å². The zero-order valence-electron chi connectivity index (χ0n) is 13.2. The molecule has 5 heteroatoms. The lowest BCUT2D eigenvalue weighted by atomic mass is 9.49. The SMILES string of the molecule is C[C@H](CC#N)[C@@H](NC(=O)C12CC3CC(CC(C3)C1)C2)C(N)=O. The first-order valence-electron chi connectivity index (χ1n) is 8.41. The minimum atomic E-state index is -0.736. The summed E-state index contributed by atoms with van der Waals surface area (Å²) in [6.07, 6.45) is 6.92. The van der Waals surface area contributed by atoms with Crippen molar-refractivity contribution in [2.75, 3.05) is 0 Å². The van der Waals surface area contributed by atoms with Gasteiger partial charge in [-0.15, -0.1) is 0 Å². The second-order valence-electron chi connectivity index (χ2n) is 7.89. The van der Waals surface area contributed by atoms with E-state index >= 15 is 0 Å². The Labute approximate surface area is 131 Å². The van der Waals surface area contributed by atoms with Crippen LogP contribution in [0.1, 0.15) is 51.9 Å². The van der Waals surface area contributed by atoms with Gasteiger partial charge < -0.3 is 11.1 Å². The smallest absolute Gasteiger partial charge is 0.240 e. The predicted octanol–water partition coefficient (Wildman–Crippen LogP) is 1.72. The van der Waals surface area contributed by atoms with Gasteiger partial charge in [0, 0.05) is 11.8 Å². The van der Waals surface area contributed by atoms with Gasteiger partial charge in [0.05, 0.1) is 6.07 Å². The topological polar surface area (TPSA) is 96.0 Å². The molecule has 0 spiro atoms. The lowest BCUT2D eigenvalue weighted by Crippen LogP contribution is -2.58. The molecule has 0 heterocycles. The van der Waals surface area contributed by atoms with E-state index in [9.17, 15) is 9.59 Å². The molecule has 0 radical (unpaired) electrons. The van der Waals surface area contributed by atoms with Crippen molar-refractivity contribution >= 4 is 11.8 Å². The third-order valence-electron chi connectivity index (χ3n) is 6.10. The van der Waals surface area contributed by atoms with Crippen molar-refractivity contribution in [2.24, 2.45) is 34.8 Å². The van der Waals surface area contributed by atoms with Crippen LogP contribution in [0, 0.1) is 40.4 Å². The molecular formula is C17H25N3O2. The van der Waals surface area contributed by atoms with Gasteiger partial charge in [0.25, 0.3) is 0 Å². The van der Waals surface area contributed by atoms with Crippen LogP contribution in [0.15, 0.2) is 0 Å². The van der Waals surface area contributed by atoms with Crippen molar-refractivity contribution in [1.29, 1.82) is 5.26 Å². The molecule has 22 heavy (non-hydrogen) atoms. The van der Waals surface area contributed by atoms with E-state index in [1.54, 1.807) is 6.92 Å². The highest BCUT2D eigenvalue weighted by atomic mass is 16.2. The van der Waals surface area contributed by atoms with Gasteiger partial charge in [0.15, 0.2) is 0 Å². The highest BCUT2D eigenvalue weighted by Gasteiger charge is 2.55. The molecule has 0 saturated heterocycles. The van der Waals surface area contributed by atoms with Crippen molar-refractivity contribution in [3.05, 3.63) is 0 Å². The van der Waals surface area contributed by atoms with E-state index in [1.807, 2.05) is 0 Å². The molecule has 4 aliphatic rings. The van der Waals surface area contributed by atoms with Crippen LogP contribution in [0.2, 0.25) is 0 Å². The third kappa shape index (κ3) is 2.60. The molecule has 0 unspecified atom stereocenters. The maximum absolute atomic E-state index is 12.9. The first-order chi connectivity index (χ1) is 10.4. The van der Waals surface area contributed by atoms with Gasteiger partial charge in [-0.2, -0.15) is 5.26 Å². The summed E-state index contributed by atoms with van der Waals surface area (Å²) in [6.45, 7) is 1.79. The molecule has 0 aromatic heterocycles. The number of rotatable bonds is 5. The van der Waals surface area contributed by atoms with Crippen LogP contribution in [-0.2, 0) is 9.59 Å². The first-order valence-corrected chi connectivity index (χ1v) is 8.41. The molecule has 2 atom stereocenters. The Kier molecular flexibility index (Phi) is 3.88. The second-order valence-corrected chi connectivity index (χ2v) is 7.89. The number of carbonyl (C=O) groups is 2. The average molecular weight is 303 g/mol. The molecular weight excluding hydrogens is 278 g/mol. The predicted molar refractivity (Wildman–Crippen MR) is 81.1 cm³/mol. The Morgan fingerprint density at radius 3 is 2.14 bits per heavy atom. The lowest BCUT2D eigenvalue weighted by molar-refractivity contribution is -0.148. The minimum absolute atomic E-state index is 0.000176. The fourth-order valence-corrected chi connectivity index (χ4v) is 5.44. The number of carbonyl (C=O) groups excluding carboxylic acids is 2. The fourth-order valence-electron chi connectivity index (χ4n) is 5.44. The largest absolute Gasteiger partial charge is 0.368 e. The Balaban J connectivity index is 1.73. The van der Waals surface area contributed by atoms with Gasteiger partial charge >= 0.3 is 0 Å². The molecule has 120 valence electrons. The van der Waals surface area contributed by atoms with Crippen LogP contribution in [0.4, 0.5) is 0 Å². The zero-order chi connectivity index (χ0) is 15.9. The minimum Gasteiger partial charge on any atom is -0.368 e. The molecule has 4 saturated carbocycles. The Hall–Kier alpha value is -1.57. The standard InChI is InChI=1S/C17H25N3O2/c1-10(2-3-18)14(15(19)21)20-16(22)17-7-11-4-12(8-17)6-13(5-11)9-17/h10-14H,2,4-9H2,1H3,(H2,19,21)(H,20,22)/t10-,11?,12?,13?,14-,17?/m1/s1. The summed E-state index contributed by atoms with van der Waals surface area (Å²) in [4.78, 5) is 24.6. The van der Waals surface area contributed by atoms with Gasteiger partial charge in [-0.25, -0.2) is 0 Å². The molecule has 4 fully saturated rings. The zero-order valence-corrected chi connectivity index (χ0v) is 13.2. The summed E-state index contributed by atoms with van der Waals surface area (Å²) >= 11 is 0. The van der Waals surface area contributed by atoms with Crippen molar-refractivity contribution in [2.45, 2.75) is 57.9 Å². The average Bonchev–Trinajstić information content (AvgIpc) is 2.42. The molecule has 0 aromatic carbocycles. The van der Waals surface area contributed by atoms with Crippen molar-refractivity contribution in [1.82, 2.24) is 5.32 Å². The van der Waals surface area contributed by atoms with Crippen LogP contribution in [0.25, 0.3) is 0 Å². The monoisotopic (exact) mass is 303 g/mol. The molecule has 4 aliphatic carbocycles. The van der Waals surface area contributed by atoms with Crippen LogP contribution < -0.4 is 11.1 Å². The van der Waals surface area contributed by atoms with Gasteiger partial charge in [-0.1, -0.05) is 6.92 Å². The van der Waals surface area contributed by atoms with Crippen molar-refractivity contribution < 1.29 is 9.59 Å². The lowest BCUT2D eigenvalue weighted by Gasteiger charge is -2.55. The number of nitrogens with zero attached hydrogens (tertiary/aromatic N) is 1. The van der Waals surface area contributed by atoms with Gasteiger partial charge in [-0.05, 0) is 62.2 Å². The van der Waals surface area contributed by atoms with E-state index in [-0.39, 0.29) is 23.7 Å². The van der Waals surface area contributed by atoms with E-state index < -0.39 is 11.9 Å². The number of nitrogens with two attached hydrogens (primary N) is 1. The summed E-state index contributed by atoms with van der Waals surface area (Å²) < 4.78 is 0. The van der Waals surface area contributed by atoms with E-state index in [1.165, 1.54) is 19.3 Å². The molecule has 5 nitrogen and oxygen atoms in total. The maximum atomic E-state index is 12.9. The number of hydrogen-bond acceptors (Lipinski definition) is 3. The van der Waals surface area contributed by atoms with Crippen LogP contribution in [-0.4, -0.2) is 17.9 Å². The Morgan fingerprint density at radius 1 is 1.23 bits per heavy atom. The molecule has 3 N–H and O–H groups in total. The van der Waals surface area contributed by atoms with Gasteiger partial charge in [-0.3, -0.25) is 9.59 Å². The normalized spacial score (nSPS) is 38.1. The van der Waals surface area contributed by atoms with E-state index in [0.717, 1.165) is 19.3 Å². The highest BCUT2D eigenvalue weighted by molar-refractivity contribution is 5.89. The van der Waals surface area contributed by atoms with Crippen LogP contribution in [0.3, 0.4) is 0 Å². The van der Waals surface area contributed by atoms with E-state index in [4.69, 9.17) is 11.0 Å². The molecule has 4 rings (SSSR count). The number of hydrogen-bond donors (Lipinski definition) is 2. The van der Waals surface area contributed by atoms with Gasteiger partial charge in [0.1, 0.15) is 6.04 Å². The Bertz CT molecular complexity index is 487. The summed E-state index contributed by atoms with van der Waals surface area (Å²) in [7, 11) is 0. The third-order valence-corrected chi connectivity index (χ3v) is 6.10. The quantitative estimate of drug-likeness (QED) is 0.809. The fraction of sp³-hybridized carbons (Fsp3) is 0.824. The number of nitriles is 1. The molecule has 0 aromatic rings. The molecule has 0 aliphatic heterocycles. The maximum Gasteiger partial charge on any atom is 0.240 e. The summed E-state index contributed by atoms with van der Waals surface area (Å²) in [5.74, 6) is 1.25. The van der Waals surface area contributed by atoms with Crippen LogP contribution >= 0.6 is 0 Å². The van der Waals surface area contributed by atoms with Crippen LogP contribution in [0.5, 0.6) is 0 Å². The van der Waals surface area contributed by atoms with Gasteiger partial charge in [0.2, 0.25) is 11.8 Å². The number of primary amides is 1. The number of amides is 2. The Morgan fingerprint density at radius 2 is 1.73 bits per heavy atom. The summed E-state index contributed by atoms with van der Waals surface area (Å²) in [5.41, 5.74) is 5.16. The first kappa shape index (κ1) is 15.3. The number of nitrogens with one attached hydrogen (secondary N) is 1. The van der Waals surface area contributed by atoms with E-state index in [2.05, 4.69) is 11.4 Å². The van der Waals surface area contributed by atoms with E-state index in [0.29, 0.717) is 17.8 Å². The summed E-state index contributed by atoms with van der Waals surface area (Å²) in [5, 5.41) is 11.7. The molecule has 4 bridgehead atoms. The second kappa shape index (κ2) is 5.57. The van der Waals surface area contributed by atoms with Crippen molar-refractivity contribution in [3.8, 4) is 6.07 Å². The summed E-state index contributed by atoms with van der Waals surface area (Å²) in [6, 6.07) is 1.32.